The zero-order chi connectivity index (χ0) is 18.5. The molecule has 0 spiro atoms. The largest absolute Gasteiger partial charge is 0.325 e. The van der Waals surface area contributed by atoms with Crippen LogP contribution in [0.3, 0.4) is 0 Å². The van der Waals surface area contributed by atoms with Crippen LogP contribution in [0.15, 0.2) is 59.8 Å². The Balaban J connectivity index is 1.67. The number of rotatable bonds is 6. The summed E-state index contributed by atoms with van der Waals surface area (Å²) in [6, 6.07) is 15.4. The van der Waals surface area contributed by atoms with Crippen molar-refractivity contribution in [1.82, 2.24) is 14.8 Å². The van der Waals surface area contributed by atoms with Crippen molar-refractivity contribution < 1.29 is 9.72 Å². The Morgan fingerprint density at radius 2 is 1.96 bits per heavy atom. The Bertz CT molecular complexity index is 943. The second-order valence-electron chi connectivity index (χ2n) is 5.35. The summed E-state index contributed by atoms with van der Waals surface area (Å²) in [6.07, 6.45) is 0. The van der Waals surface area contributed by atoms with Gasteiger partial charge in [0.25, 0.3) is 5.69 Å². The number of nitrogens with one attached hydrogen (secondary N) is 1. The molecule has 2 aromatic carbocycles. The van der Waals surface area contributed by atoms with Crippen molar-refractivity contribution >= 4 is 29.0 Å². The number of non-ortho nitro benzene ring substituents is 1. The molecule has 1 amide bonds. The number of nitrogens with zero attached hydrogens (tertiary/aromatic N) is 4. The van der Waals surface area contributed by atoms with Crippen molar-refractivity contribution in [3.8, 4) is 5.69 Å². The normalized spacial score (nSPS) is 10.5. The minimum atomic E-state index is -0.504. The number of nitro benzene ring substituents is 1. The van der Waals surface area contributed by atoms with Crippen molar-refractivity contribution in [2.24, 2.45) is 0 Å². The van der Waals surface area contributed by atoms with Crippen LogP contribution in [-0.4, -0.2) is 31.3 Å². The van der Waals surface area contributed by atoms with Crippen LogP contribution in [0, 0.1) is 17.0 Å². The van der Waals surface area contributed by atoms with E-state index in [9.17, 15) is 14.9 Å². The molecular weight excluding hydrogens is 354 g/mol. The number of anilines is 1. The summed E-state index contributed by atoms with van der Waals surface area (Å²) in [5.41, 5.74) is 1.22. The first-order valence-electron chi connectivity index (χ1n) is 7.69. The molecule has 132 valence electrons. The highest BCUT2D eigenvalue weighted by Crippen LogP contribution is 2.22. The molecule has 0 saturated carbocycles. The predicted octanol–water partition coefficient (Wildman–Crippen LogP) is 3.21. The molecule has 1 heterocycles. The van der Waals surface area contributed by atoms with Crippen molar-refractivity contribution in [2.75, 3.05) is 11.1 Å². The summed E-state index contributed by atoms with van der Waals surface area (Å²) in [5, 5.41) is 22.2. The minimum absolute atomic E-state index is 0.0742. The molecule has 1 N–H and O–H groups in total. The highest BCUT2D eigenvalue weighted by Gasteiger charge is 2.14. The smallest absolute Gasteiger partial charge is 0.271 e. The van der Waals surface area contributed by atoms with Gasteiger partial charge < -0.3 is 5.32 Å². The summed E-state index contributed by atoms with van der Waals surface area (Å²) in [4.78, 5) is 22.5. The van der Waals surface area contributed by atoms with E-state index in [-0.39, 0.29) is 17.3 Å². The van der Waals surface area contributed by atoms with Gasteiger partial charge in [0.1, 0.15) is 5.82 Å². The highest BCUT2D eigenvalue weighted by atomic mass is 32.2. The average Bonchev–Trinajstić information content (AvgIpc) is 3.01. The number of carbonyl (C=O) groups excluding carboxylic acids is 1. The molecule has 0 unspecified atom stereocenters. The van der Waals surface area contributed by atoms with Crippen molar-refractivity contribution in [1.29, 1.82) is 0 Å². The van der Waals surface area contributed by atoms with E-state index in [4.69, 9.17) is 0 Å². The van der Waals surface area contributed by atoms with Crippen LogP contribution in [0.25, 0.3) is 5.69 Å². The molecule has 8 nitrogen and oxygen atoms in total. The Morgan fingerprint density at radius 3 is 2.69 bits per heavy atom. The zero-order valence-corrected chi connectivity index (χ0v) is 14.6. The Morgan fingerprint density at radius 1 is 1.19 bits per heavy atom. The molecule has 3 aromatic rings. The van der Waals surface area contributed by atoms with Gasteiger partial charge in [-0.2, -0.15) is 0 Å². The van der Waals surface area contributed by atoms with Gasteiger partial charge in [-0.3, -0.25) is 19.5 Å². The number of aryl methyl sites for hydroxylation is 1. The van der Waals surface area contributed by atoms with E-state index in [2.05, 4.69) is 15.5 Å². The lowest BCUT2D eigenvalue weighted by molar-refractivity contribution is -0.384. The van der Waals surface area contributed by atoms with Crippen LogP contribution < -0.4 is 5.32 Å². The Kier molecular flexibility index (Phi) is 5.28. The summed E-state index contributed by atoms with van der Waals surface area (Å²) in [7, 11) is 0. The van der Waals surface area contributed by atoms with Gasteiger partial charge >= 0.3 is 0 Å². The molecule has 0 aliphatic carbocycles. The Hall–Kier alpha value is -3.20. The molecule has 0 aliphatic heterocycles. The number of thioether (sulfide) groups is 1. The number of aromatic nitrogens is 3. The molecule has 0 atom stereocenters. The minimum Gasteiger partial charge on any atom is -0.325 e. The number of hydrogen-bond donors (Lipinski definition) is 1. The molecular formula is C17H15N5O3S. The fourth-order valence-electron chi connectivity index (χ4n) is 2.34. The molecule has 0 fully saturated rings. The maximum absolute atomic E-state index is 12.2. The zero-order valence-electron chi connectivity index (χ0n) is 13.8. The van der Waals surface area contributed by atoms with E-state index in [1.807, 2.05) is 41.8 Å². The first-order valence-corrected chi connectivity index (χ1v) is 8.67. The number of para-hydroxylation sites is 1. The molecule has 26 heavy (non-hydrogen) atoms. The predicted molar refractivity (Wildman–Crippen MR) is 98.5 cm³/mol. The van der Waals surface area contributed by atoms with Gasteiger partial charge in [0, 0.05) is 23.5 Å². The third kappa shape index (κ3) is 4.06. The van der Waals surface area contributed by atoms with Crippen molar-refractivity contribution in [2.45, 2.75) is 12.1 Å². The van der Waals surface area contributed by atoms with Gasteiger partial charge in [-0.1, -0.05) is 36.0 Å². The van der Waals surface area contributed by atoms with Gasteiger partial charge in [-0.25, -0.2) is 0 Å². The summed E-state index contributed by atoms with van der Waals surface area (Å²) >= 11 is 1.24. The second-order valence-corrected chi connectivity index (χ2v) is 6.29. The van der Waals surface area contributed by atoms with Gasteiger partial charge in [0.2, 0.25) is 5.91 Å². The monoisotopic (exact) mass is 369 g/mol. The number of amides is 1. The number of benzene rings is 2. The molecule has 3 rings (SSSR count). The second kappa shape index (κ2) is 7.79. The lowest BCUT2D eigenvalue weighted by Crippen LogP contribution is -2.14. The maximum atomic E-state index is 12.2. The molecule has 0 saturated heterocycles. The standard InChI is InChI=1S/C17H15N5O3S/c1-12-19-20-17(21(12)14-7-3-2-4-8-14)26-11-16(23)18-13-6-5-9-15(10-13)22(24)25/h2-10H,11H2,1H3,(H,18,23). The van der Waals surface area contributed by atoms with E-state index in [1.165, 1.54) is 30.0 Å². The van der Waals surface area contributed by atoms with Crippen LogP contribution >= 0.6 is 11.8 Å². The lowest BCUT2D eigenvalue weighted by atomic mass is 10.3. The summed E-state index contributed by atoms with van der Waals surface area (Å²) < 4.78 is 1.87. The Labute approximate surface area is 153 Å². The topological polar surface area (TPSA) is 103 Å². The van der Waals surface area contributed by atoms with Gasteiger partial charge in [0.15, 0.2) is 5.16 Å². The van der Waals surface area contributed by atoms with Crippen LogP contribution in [0.5, 0.6) is 0 Å². The van der Waals surface area contributed by atoms with E-state index >= 15 is 0 Å². The average molecular weight is 369 g/mol. The molecule has 9 heteroatoms. The van der Waals surface area contributed by atoms with Crippen molar-refractivity contribution in [3.05, 3.63) is 70.5 Å². The summed E-state index contributed by atoms with van der Waals surface area (Å²) in [6.45, 7) is 1.84. The van der Waals surface area contributed by atoms with Crippen LogP contribution in [-0.2, 0) is 4.79 Å². The number of nitro groups is 1. The third-order valence-corrected chi connectivity index (χ3v) is 4.41. The third-order valence-electron chi connectivity index (χ3n) is 3.48. The number of carbonyl (C=O) groups is 1. The molecule has 0 radical (unpaired) electrons. The van der Waals surface area contributed by atoms with Crippen LogP contribution in [0.1, 0.15) is 5.82 Å². The summed E-state index contributed by atoms with van der Waals surface area (Å²) in [5.74, 6) is 0.543. The number of hydrogen-bond acceptors (Lipinski definition) is 6. The quantitative estimate of drug-likeness (QED) is 0.406. The van der Waals surface area contributed by atoms with Gasteiger partial charge in [-0.05, 0) is 25.1 Å². The molecule has 1 aromatic heterocycles. The molecule has 0 bridgehead atoms. The maximum Gasteiger partial charge on any atom is 0.271 e. The van der Waals surface area contributed by atoms with E-state index in [0.717, 1.165) is 11.5 Å². The van der Waals surface area contributed by atoms with Gasteiger partial charge in [-0.15, -0.1) is 10.2 Å². The highest BCUT2D eigenvalue weighted by molar-refractivity contribution is 7.99. The van der Waals surface area contributed by atoms with Gasteiger partial charge in [0.05, 0.1) is 10.7 Å². The first kappa shape index (κ1) is 17.6. The van der Waals surface area contributed by atoms with Crippen LogP contribution in [0.2, 0.25) is 0 Å². The van der Waals surface area contributed by atoms with E-state index in [1.54, 1.807) is 6.07 Å². The lowest BCUT2D eigenvalue weighted by Gasteiger charge is -2.08. The van der Waals surface area contributed by atoms with Crippen LogP contribution in [0.4, 0.5) is 11.4 Å². The van der Waals surface area contributed by atoms with E-state index in [0.29, 0.717) is 10.8 Å². The fraction of sp³-hybridized carbons (Fsp3) is 0.118. The first-order chi connectivity index (χ1) is 12.5. The SMILES string of the molecule is Cc1nnc(SCC(=O)Nc2cccc([N+](=O)[O-])c2)n1-c1ccccc1. The van der Waals surface area contributed by atoms with Crippen molar-refractivity contribution in [3.63, 3.8) is 0 Å². The fourth-order valence-corrected chi connectivity index (χ4v) is 3.13. The van der Waals surface area contributed by atoms with E-state index < -0.39 is 4.92 Å². The molecule has 0 aliphatic rings.